The summed E-state index contributed by atoms with van der Waals surface area (Å²) in [6.07, 6.45) is 1.35. The molecule has 6 nitrogen and oxygen atoms in total. The van der Waals surface area contributed by atoms with E-state index in [-0.39, 0.29) is 42.2 Å². The van der Waals surface area contributed by atoms with Gasteiger partial charge in [-0.3, -0.25) is 14.2 Å². The summed E-state index contributed by atoms with van der Waals surface area (Å²) in [7, 11) is 3.69. The molecular weight excluding hydrogens is 446 g/mol. The number of hydrogen-bond donors (Lipinski definition) is 1. The number of rotatable bonds is 7. The van der Waals surface area contributed by atoms with E-state index in [0.717, 1.165) is 5.56 Å². The fourth-order valence-corrected chi connectivity index (χ4v) is 4.56. The highest BCUT2D eigenvalue weighted by molar-refractivity contribution is 7.17. The van der Waals surface area contributed by atoms with Crippen molar-refractivity contribution in [1.29, 1.82) is 0 Å². The quantitative estimate of drug-likeness (QED) is 0.448. The Balaban J connectivity index is 1.53. The fraction of sp³-hybridized carbons (Fsp3) is 0.208. The summed E-state index contributed by atoms with van der Waals surface area (Å²) in [6.45, 7) is 0.0444. The number of hydrogen-bond acceptors (Lipinski definition) is 5. The minimum atomic E-state index is -0.361. The van der Waals surface area contributed by atoms with Crippen molar-refractivity contribution in [2.45, 2.75) is 12.6 Å². The maximum absolute atomic E-state index is 13.6. The van der Waals surface area contributed by atoms with Gasteiger partial charge in [0.1, 0.15) is 23.0 Å². The Kier molecular flexibility index (Phi) is 6.62. The Morgan fingerprint density at radius 1 is 1.15 bits per heavy atom. The number of carbonyl (C=O) groups excluding carboxylic acids is 1. The smallest absolute Gasteiger partial charge is 0.263 e. The molecule has 0 aliphatic rings. The molecule has 2 heterocycles. The molecule has 0 aliphatic carbocycles. The van der Waals surface area contributed by atoms with Gasteiger partial charge in [0, 0.05) is 17.5 Å². The van der Waals surface area contributed by atoms with Gasteiger partial charge in [-0.15, -0.1) is 11.3 Å². The van der Waals surface area contributed by atoms with Crippen LogP contribution in [-0.4, -0.2) is 41.0 Å². The van der Waals surface area contributed by atoms with Crippen molar-refractivity contribution in [2.24, 2.45) is 0 Å². The Morgan fingerprint density at radius 2 is 1.91 bits per heavy atom. The Morgan fingerprint density at radius 3 is 2.61 bits per heavy atom. The van der Waals surface area contributed by atoms with Crippen LogP contribution in [0.1, 0.15) is 11.6 Å². The summed E-state index contributed by atoms with van der Waals surface area (Å²) in [5, 5.41) is 5.02. The fourth-order valence-electron chi connectivity index (χ4n) is 3.66. The Labute approximate surface area is 193 Å². The van der Waals surface area contributed by atoms with E-state index in [4.69, 9.17) is 0 Å². The molecule has 0 unspecified atom stereocenters. The van der Waals surface area contributed by atoms with Crippen molar-refractivity contribution in [3.63, 3.8) is 0 Å². The van der Waals surface area contributed by atoms with Crippen molar-refractivity contribution in [2.75, 3.05) is 20.6 Å². The second-order valence-electron chi connectivity index (χ2n) is 7.85. The van der Waals surface area contributed by atoms with Crippen molar-refractivity contribution in [1.82, 2.24) is 19.8 Å². The maximum Gasteiger partial charge on any atom is 0.263 e. The van der Waals surface area contributed by atoms with Gasteiger partial charge in [0.15, 0.2) is 0 Å². The summed E-state index contributed by atoms with van der Waals surface area (Å²) in [5.74, 6) is -1.07. The third kappa shape index (κ3) is 4.99. The zero-order valence-corrected chi connectivity index (χ0v) is 18.9. The van der Waals surface area contributed by atoms with Crippen LogP contribution in [-0.2, 0) is 11.3 Å². The standard InChI is InChI=1S/C24H22F2N4O2S/c1-29(2)20(16-4-3-5-18(26)10-16)11-27-21(31)12-30-14-28-23-22(24(30)32)19(13-33-23)15-6-8-17(25)9-7-15/h3-10,13-14,20H,11-12H2,1-2H3,(H,27,31)/t20-/m1/s1. The monoisotopic (exact) mass is 468 g/mol. The Hall–Kier alpha value is -3.43. The number of thiophene rings is 1. The first-order chi connectivity index (χ1) is 15.8. The average molecular weight is 469 g/mol. The minimum Gasteiger partial charge on any atom is -0.353 e. The largest absolute Gasteiger partial charge is 0.353 e. The number of benzene rings is 2. The number of halogens is 2. The first-order valence-electron chi connectivity index (χ1n) is 10.2. The maximum atomic E-state index is 13.6. The van der Waals surface area contributed by atoms with Crippen LogP contribution in [0.2, 0.25) is 0 Å². The highest BCUT2D eigenvalue weighted by atomic mass is 32.1. The van der Waals surface area contributed by atoms with E-state index in [1.165, 1.54) is 46.5 Å². The van der Waals surface area contributed by atoms with Crippen LogP contribution in [0.25, 0.3) is 21.3 Å². The molecule has 2 aromatic heterocycles. The second-order valence-corrected chi connectivity index (χ2v) is 8.71. The molecule has 1 amide bonds. The lowest BCUT2D eigenvalue weighted by Gasteiger charge is -2.25. The highest BCUT2D eigenvalue weighted by Gasteiger charge is 2.18. The molecule has 33 heavy (non-hydrogen) atoms. The Bertz CT molecular complexity index is 1350. The number of nitrogens with one attached hydrogen (secondary N) is 1. The second kappa shape index (κ2) is 9.60. The summed E-state index contributed by atoms with van der Waals surface area (Å²) >= 11 is 1.32. The van der Waals surface area contributed by atoms with Gasteiger partial charge in [-0.05, 0) is 49.5 Å². The van der Waals surface area contributed by atoms with Gasteiger partial charge in [-0.2, -0.15) is 0 Å². The van der Waals surface area contributed by atoms with E-state index >= 15 is 0 Å². The van der Waals surface area contributed by atoms with E-state index in [1.54, 1.807) is 29.6 Å². The lowest BCUT2D eigenvalue weighted by atomic mass is 10.1. The van der Waals surface area contributed by atoms with Gasteiger partial charge in [-0.1, -0.05) is 24.3 Å². The van der Waals surface area contributed by atoms with E-state index in [2.05, 4.69) is 10.3 Å². The van der Waals surface area contributed by atoms with E-state index in [9.17, 15) is 18.4 Å². The average Bonchev–Trinajstić information content (AvgIpc) is 3.21. The SMILES string of the molecule is CN(C)[C@H](CNC(=O)Cn1cnc2scc(-c3ccc(F)cc3)c2c1=O)c1cccc(F)c1. The molecule has 4 aromatic rings. The zero-order valence-electron chi connectivity index (χ0n) is 18.1. The van der Waals surface area contributed by atoms with Crippen molar-refractivity contribution < 1.29 is 13.6 Å². The minimum absolute atomic E-state index is 0.205. The normalized spacial score (nSPS) is 12.3. The molecule has 9 heteroatoms. The van der Waals surface area contributed by atoms with E-state index in [1.807, 2.05) is 19.0 Å². The molecule has 4 rings (SSSR count). The zero-order chi connectivity index (χ0) is 23.5. The number of amides is 1. The predicted molar refractivity (Wildman–Crippen MR) is 125 cm³/mol. The van der Waals surface area contributed by atoms with Crippen LogP contribution < -0.4 is 10.9 Å². The van der Waals surface area contributed by atoms with Crippen LogP contribution in [0.15, 0.2) is 65.0 Å². The van der Waals surface area contributed by atoms with Crippen LogP contribution in [0.3, 0.4) is 0 Å². The van der Waals surface area contributed by atoms with Crippen molar-refractivity contribution in [3.05, 3.63) is 87.8 Å². The number of carbonyl (C=O) groups is 1. The van der Waals surface area contributed by atoms with Crippen LogP contribution >= 0.6 is 11.3 Å². The molecule has 0 saturated heterocycles. The molecular formula is C24H22F2N4O2S. The molecule has 1 N–H and O–H groups in total. The van der Waals surface area contributed by atoms with Gasteiger partial charge < -0.3 is 10.2 Å². The molecule has 1 atom stereocenters. The number of aromatic nitrogens is 2. The van der Waals surface area contributed by atoms with Gasteiger partial charge >= 0.3 is 0 Å². The third-order valence-corrected chi connectivity index (χ3v) is 6.27. The molecule has 2 aromatic carbocycles. The molecule has 0 aliphatic heterocycles. The van der Waals surface area contributed by atoms with Crippen LogP contribution in [0.4, 0.5) is 8.78 Å². The molecule has 0 saturated carbocycles. The summed E-state index contributed by atoms with van der Waals surface area (Å²) in [6, 6.07) is 11.9. The predicted octanol–water partition coefficient (Wildman–Crippen LogP) is 3.82. The van der Waals surface area contributed by atoms with Gasteiger partial charge in [-0.25, -0.2) is 13.8 Å². The summed E-state index contributed by atoms with van der Waals surface area (Å²) < 4.78 is 28.2. The van der Waals surface area contributed by atoms with Gasteiger partial charge in [0.25, 0.3) is 5.56 Å². The van der Waals surface area contributed by atoms with E-state index < -0.39 is 0 Å². The number of fused-ring (bicyclic) bond motifs is 1. The van der Waals surface area contributed by atoms with Gasteiger partial charge in [0.05, 0.1) is 17.8 Å². The third-order valence-electron chi connectivity index (χ3n) is 5.38. The molecule has 170 valence electrons. The number of likely N-dealkylation sites (N-methyl/N-ethyl adjacent to an activating group) is 1. The summed E-state index contributed by atoms with van der Waals surface area (Å²) in [4.78, 5) is 32.5. The van der Waals surface area contributed by atoms with Crippen molar-refractivity contribution in [3.8, 4) is 11.1 Å². The molecule has 0 fully saturated rings. The number of nitrogens with zero attached hydrogens (tertiary/aromatic N) is 3. The first kappa shape index (κ1) is 22.8. The molecule has 0 radical (unpaired) electrons. The van der Waals surface area contributed by atoms with Gasteiger partial charge in [0.2, 0.25) is 5.91 Å². The topological polar surface area (TPSA) is 67.2 Å². The lowest BCUT2D eigenvalue weighted by molar-refractivity contribution is -0.121. The van der Waals surface area contributed by atoms with Crippen molar-refractivity contribution >= 4 is 27.5 Å². The summed E-state index contributed by atoms with van der Waals surface area (Å²) in [5.41, 5.74) is 1.75. The van der Waals surface area contributed by atoms with E-state index in [0.29, 0.717) is 21.3 Å². The lowest BCUT2D eigenvalue weighted by Crippen LogP contribution is -2.37. The highest BCUT2D eigenvalue weighted by Crippen LogP contribution is 2.30. The first-order valence-corrected chi connectivity index (χ1v) is 11.1. The van der Waals surface area contributed by atoms with Crippen LogP contribution in [0.5, 0.6) is 0 Å². The molecule has 0 bridgehead atoms. The molecule has 0 spiro atoms. The van der Waals surface area contributed by atoms with Crippen LogP contribution in [0, 0.1) is 11.6 Å².